The molecule has 0 amide bonds. The van der Waals surface area contributed by atoms with Gasteiger partial charge in [-0.15, -0.1) is 0 Å². The second-order valence-electron chi connectivity index (χ2n) is 6.97. The Morgan fingerprint density at radius 1 is 0.903 bits per heavy atom. The van der Waals surface area contributed by atoms with Gasteiger partial charge in [0, 0.05) is 50.9 Å². The fourth-order valence-corrected chi connectivity index (χ4v) is 3.22. The molecule has 31 heavy (non-hydrogen) atoms. The second kappa shape index (κ2) is 11.9. The molecule has 0 saturated carbocycles. The summed E-state index contributed by atoms with van der Waals surface area (Å²) in [6, 6.07) is 12.8. The van der Waals surface area contributed by atoms with Gasteiger partial charge in [-0.2, -0.15) is 0 Å². The highest BCUT2D eigenvalue weighted by Crippen LogP contribution is 2.26. The summed E-state index contributed by atoms with van der Waals surface area (Å²) in [7, 11) is 3.35. The molecular formula is C22H27FN2O6. The smallest absolute Gasteiger partial charge is 0.414 e. The van der Waals surface area contributed by atoms with E-state index >= 15 is 0 Å². The minimum atomic E-state index is -1.82. The summed E-state index contributed by atoms with van der Waals surface area (Å²) in [5.74, 6) is -2.14. The van der Waals surface area contributed by atoms with Crippen molar-refractivity contribution in [2.45, 2.75) is 13.1 Å². The SMILES string of the molecule is COc1ccc(CN2CCN(Cc3cccc(F)c3)CC2)c(OC)c1.O=C(O)C(=O)O. The predicted octanol–water partition coefficient (Wildman–Crippen LogP) is 2.32. The number of piperazine rings is 1. The van der Waals surface area contributed by atoms with E-state index in [0.717, 1.165) is 56.3 Å². The molecule has 0 bridgehead atoms. The van der Waals surface area contributed by atoms with E-state index in [-0.39, 0.29) is 5.82 Å². The van der Waals surface area contributed by atoms with Crippen molar-refractivity contribution in [3.05, 3.63) is 59.4 Å². The molecule has 9 heteroatoms. The molecule has 0 aromatic heterocycles. The quantitative estimate of drug-likeness (QED) is 0.669. The molecule has 168 valence electrons. The Hall–Kier alpha value is -3.17. The van der Waals surface area contributed by atoms with E-state index in [2.05, 4.69) is 15.9 Å². The first-order valence-corrected chi connectivity index (χ1v) is 9.68. The van der Waals surface area contributed by atoms with Gasteiger partial charge in [-0.05, 0) is 23.8 Å². The zero-order valence-electron chi connectivity index (χ0n) is 17.6. The van der Waals surface area contributed by atoms with E-state index in [4.69, 9.17) is 29.3 Å². The number of nitrogens with zero attached hydrogens (tertiary/aromatic N) is 2. The first kappa shape index (κ1) is 24.1. The zero-order valence-corrected chi connectivity index (χ0v) is 17.6. The molecule has 1 fully saturated rings. The number of ether oxygens (including phenoxy) is 2. The van der Waals surface area contributed by atoms with Crippen LogP contribution in [0.4, 0.5) is 4.39 Å². The van der Waals surface area contributed by atoms with Gasteiger partial charge in [0.2, 0.25) is 0 Å². The maximum Gasteiger partial charge on any atom is 0.414 e. The molecule has 0 spiro atoms. The summed E-state index contributed by atoms with van der Waals surface area (Å²) >= 11 is 0. The van der Waals surface area contributed by atoms with Crippen LogP contribution in [0.5, 0.6) is 11.5 Å². The minimum Gasteiger partial charge on any atom is -0.497 e. The number of carboxylic acid groups (broad SMARTS) is 2. The number of benzene rings is 2. The topological polar surface area (TPSA) is 99.5 Å². The Morgan fingerprint density at radius 3 is 2.03 bits per heavy atom. The molecule has 2 aromatic carbocycles. The van der Waals surface area contributed by atoms with Crippen molar-refractivity contribution in [3.63, 3.8) is 0 Å². The molecule has 1 saturated heterocycles. The van der Waals surface area contributed by atoms with Crippen molar-refractivity contribution in [2.75, 3.05) is 40.4 Å². The lowest BCUT2D eigenvalue weighted by Gasteiger charge is -2.35. The standard InChI is InChI=1S/C20H25FN2O2.C2H2O4/c1-24-19-7-6-17(20(13-19)25-2)15-23-10-8-22(9-11-23)14-16-4-3-5-18(21)12-16;3-1(4)2(5)6/h3-7,12-13H,8-11,14-15H2,1-2H3;(H,3,4)(H,5,6). The Labute approximate surface area is 180 Å². The van der Waals surface area contributed by atoms with E-state index in [1.54, 1.807) is 26.4 Å². The van der Waals surface area contributed by atoms with Crippen molar-refractivity contribution >= 4 is 11.9 Å². The van der Waals surface area contributed by atoms with Gasteiger partial charge in [0.15, 0.2) is 0 Å². The van der Waals surface area contributed by atoms with Gasteiger partial charge in [-0.1, -0.05) is 18.2 Å². The number of hydrogen-bond donors (Lipinski definition) is 2. The van der Waals surface area contributed by atoms with Crippen LogP contribution >= 0.6 is 0 Å². The van der Waals surface area contributed by atoms with E-state index < -0.39 is 11.9 Å². The lowest BCUT2D eigenvalue weighted by Crippen LogP contribution is -2.45. The van der Waals surface area contributed by atoms with Gasteiger partial charge in [-0.25, -0.2) is 14.0 Å². The number of methoxy groups -OCH3 is 2. The van der Waals surface area contributed by atoms with Crippen molar-refractivity contribution in [2.24, 2.45) is 0 Å². The summed E-state index contributed by atoms with van der Waals surface area (Å²) in [6.45, 7) is 5.61. The number of aliphatic carboxylic acids is 2. The third kappa shape index (κ3) is 7.88. The van der Waals surface area contributed by atoms with Gasteiger partial charge < -0.3 is 19.7 Å². The lowest BCUT2D eigenvalue weighted by atomic mass is 10.1. The number of hydrogen-bond acceptors (Lipinski definition) is 6. The van der Waals surface area contributed by atoms with Gasteiger partial charge in [0.25, 0.3) is 0 Å². The normalized spacial score (nSPS) is 14.3. The highest BCUT2D eigenvalue weighted by molar-refractivity contribution is 6.27. The Morgan fingerprint density at radius 2 is 1.52 bits per heavy atom. The lowest BCUT2D eigenvalue weighted by molar-refractivity contribution is -0.159. The van der Waals surface area contributed by atoms with Crippen LogP contribution in [0.3, 0.4) is 0 Å². The largest absolute Gasteiger partial charge is 0.497 e. The first-order valence-electron chi connectivity index (χ1n) is 9.68. The Balaban J connectivity index is 0.000000501. The summed E-state index contributed by atoms with van der Waals surface area (Å²) in [5.41, 5.74) is 2.20. The molecule has 0 atom stereocenters. The third-order valence-corrected chi connectivity index (χ3v) is 4.83. The van der Waals surface area contributed by atoms with Crippen LogP contribution in [0.1, 0.15) is 11.1 Å². The first-order chi connectivity index (χ1) is 14.8. The van der Waals surface area contributed by atoms with E-state index in [0.29, 0.717) is 0 Å². The molecule has 0 aliphatic carbocycles. The third-order valence-electron chi connectivity index (χ3n) is 4.83. The summed E-state index contributed by atoms with van der Waals surface area (Å²) < 4.78 is 24.0. The van der Waals surface area contributed by atoms with Crippen molar-refractivity contribution < 1.29 is 33.7 Å². The van der Waals surface area contributed by atoms with Crippen LogP contribution < -0.4 is 9.47 Å². The summed E-state index contributed by atoms with van der Waals surface area (Å²) in [5, 5.41) is 14.8. The summed E-state index contributed by atoms with van der Waals surface area (Å²) in [4.78, 5) is 23.0. The van der Waals surface area contributed by atoms with E-state index in [1.165, 1.54) is 11.6 Å². The minimum absolute atomic E-state index is 0.164. The number of halogens is 1. The Kier molecular flexibility index (Phi) is 9.23. The average molecular weight is 434 g/mol. The number of rotatable bonds is 6. The molecular weight excluding hydrogens is 407 g/mol. The van der Waals surface area contributed by atoms with Crippen molar-refractivity contribution in [1.29, 1.82) is 0 Å². The highest BCUT2D eigenvalue weighted by atomic mass is 19.1. The van der Waals surface area contributed by atoms with Crippen LogP contribution in [0, 0.1) is 5.82 Å². The molecule has 2 N–H and O–H groups in total. The van der Waals surface area contributed by atoms with Crippen molar-refractivity contribution in [3.8, 4) is 11.5 Å². The van der Waals surface area contributed by atoms with Crippen LogP contribution in [0.2, 0.25) is 0 Å². The van der Waals surface area contributed by atoms with Crippen molar-refractivity contribution in [1.82, 2.24) is 9.80 Å². The molecule has 8 nitrogen and oxygen atoms in total. The van der Waals surface area contributed by atoms with Gasteiger partial charge in [-0.3, -0.25) is 9.80 Å². The molecule has 2 aromatic rings. The molecule has 3 rings (SSSR count). The number of carboxylic acids is 2. The highest BCUT2D eigenvalue weighted by Gasteiger charge is 2.18. The van der Waals surface area contributed by atoms with Gasteiger partial charge in [0.1, 0.15) is 17.3 Å². The predicted molar refractivity (Wildman–Crippen MR) is 112 cm³/mol. The molecule has 0 radical (unpaired) electrons. The van der Waals surface area contributed by atoms with Crippen LogP contribution in [0.15, 0.2) is 42.5 Å². The number of carbonyl (C=O) groups is 2. The monoisotopic (exact) mass is 434 g/mol. The van der Waals surface area contributed by atoms with Gasteiger partial charge >= 0.3 is 11.9 Å². The van der Waals surface area contributed by atoms with Crippen LogP contribution in [-0.4, -0.2) is 72.4 Å². The molecule has 1 aliphatic heterocycles. The van der Waals surface area contributed by atoms with Gasteiger partial charge in [0.05, 0.1) is 14.2 Å². The van der Waals surface area contributed by atoms with Crippen LogP contribution in [-0.2, 0) is 22.7 Å². The second-order valence-corrected chi connectivity index (χ2v) is 6.97. The Bertz CT molecular complexity index is 872. The van der Waals surface area contributed by atoms with E-state index in [1.807, 2.05) is 18.2 Å². The molecule has 0 unspecified atom stereocenters. The molecule has 1 aliphatic rings. The summed E-state index contributed by atoms with van der Waals surface area (Å²) in [6.07, 6.45) is 0. The maximum atomic E-state index is 13.3. The van der Waals surface area contributed by atoms with Crippen LogP contribution in [0.25, 0.3) is 0 Å². The molecule has 1 heterocycles. The fourth-order valence-electron chi connectivity index (χ4n) is 3.22. The average Bonchev–Trinajstić information content (AvgIpc) is 2.76. The fraction of sp³-hybridized carbons (Fsp3) is 0.364. The maximum absolute atomic E-state index is 13.3. The zero-order chi connectivity index (χ0) is 22.8. The van der Waals surface area contributed by atoms with E-state index in [9.17, 15) is 4.39 Å².